The Morgan fingerprint density at radius 1 is 1.31 bits per heavy atom. The molecule has 0 radical (unpaired) electrons. The number of hydrogen-bond acceptors (Lipinski definition) is 6. The van der Waals surface area contributed by atoms with Gasteiger partial charge in [0.25, 0.3) is 0 Å². The monoisotopic (exact) mass is 436 g/mol. The maximum atomic E-state index is 10.9. The zero-order valence-corrected chi connectivity index (χ0v) is 17.3. The van der Waals surface area contributed by atoms with E-state index in [1.54, 1.807) is 0 Å². The van der Waals surface area contributed by atoms with Gasteiger partial charge in [-0.3, -0.25) is 4.90 Å². The fraction of sp³-hybridized carbons (Fsp3) is 0.444. The highest BCUT2D eigenvalue weighted by Crippen LogP contribution is 2.41. The van der Waals surface area contributed by atoms with Crippen LogP contribution in [0.25, 0.3) is 4.96 Å². The summed E-state index contributed by atoms with van der Waals surface area (Å²) in [5.74, 6) is 0.827. The van der Waals surface area contributed by atoms with Crippen molar-refractivity contribution in [2.75, 3.05) is 13.1 Å². The van der Waals surface area contributed by atoms with Crippen LogP contribution < -0.4 is 0 Å². The molecule has 2 aromatic heterocycles. The molecule has 3 heterocycles. The summed E-state index contributed by atoms with van der Waals surface area (Å²) in [4.78, 5) is 8.37. The predicted octanol–water partition coefficient (Wildman–Crippen LogP) is 3.77. The van der Waals surface area contributed by atoms with Gasteiger partial charge in [0.15, 0.2) is 0 Å². The van der Waals surface area contributed by atoms with E-state index in [1.807, 2.05) is 19.1 Å². The van der Waals surface area contributed by atoms with Gasteiger partial charge in [-0.1, -0.05) is 39.4 Å². The largest absolute Gasteiger partial charge is 0.492 e. The van der Waals surface area contributed by atoms with Crippen molar-refractivity contribution in [1.82, 2.24) is 19.5 Å². The van der Waals surface area contributed by atoms with Crippen LogP contribution in [0.15, 0.2) is 28.7 Å². The van der Waals surface area contributed by atoms with E-state index < -0.39 is 0 Å². The third-order valence-corrected chi connectivity index (χ3v) is 6.10. The predicted molar refractivity (Wildman–Crippen MR) is 105 cm³/mol. The first-order valence-electron chi connectivity index (χ1n) is 8.62. The minimum Gasteiger partial charge on any atom is -0.492 e. The van der Waals surface area contributed by atoms with E-state index in [2.05, 4.69) is 56.9 Å². The number of aromatic hydroxyl groups is 1. The number of rotatable bonds is 3. The lowest BCUT2D eigenvalue weighted by molar-refractivity contribution is -0.0764. The summed E-state index contributed by atoms with van der Waals surface area (Å²) in [5.41, 5.74) is 1.12. The molecule has 4 rings (SSSR count). The number of ether oxygens (including phenoxy) is 1. The molecule has 0 saturated carbocycles. The quantitative estimate of drug-likeness (QED) is 0.676. The fourth-order valence-corrected chi connectivity index (χ4v) is 5.24. The van der Waals surface area contributed by atoms with Crippen molar-refractivity contribution < 1.29 is 9.84 Å². The van der Waals surface area contributed by atoms with Gasteiger partial charge < -0.3 is 9.84 Å². The average molecular weight is 437 g/mol. The number of aryl methyl sites for hydroxylation is 1. The van der Waals surface area contributed by atoms with E-state index in [9.17, 15) is 5.11 Å². The lowest BCUT2D eigenvalue weighted by atomic mass is 10.0. The van der Waals surface area contributed by atoms with Crippen LogP contribution in [0.3, 0.4) is 0 Å². The van der Waals surface area contributed by atoms with Gasteiger partial charge in [0, 0.05) is 17.6 Å². The molecule has 1 saturated heterocycles. The molecule has 3 unspecified atom stereocenters. The second-order valence-electron chi connectivity index (χ2n) is 6.81. The van der Waals surface area contributed by atoms with Crippen LogP contribution in [0.4, 0.5) is 0 Å². The first-order valence-corrected chi connectivity index (χ1v) is 10.2. The molecule has 0 aliphatic carbocycles. The van der Waals surface area contributed by atoms with E-state index in [-0.39, 0.29) is 24.1 Å². The standard InChI is InChI=1S/C18H21BrN4O2S/c1-10-8-22(9-11(2)25-10)15(13-5-4-6-14(19)7-13)16-17(24)23-18(26-16)20-12(3)21-23/h4-7,10-11,15,24H,8-9H2,1-3H3. The summed E-state index contributed by atoms with van der Waals surface area (Å²) in [6.07, 6.45) is 0.278. The van der Waals surface area contributed by atoms with Crippen LogP contribution in [0.2, 0.25) is 0 Å². The summed E-state index contributed by atoms with van der Waals surface area (Å²) in [6.45, 7) is 7.61. The molecule has 1 aromatic carbocycles. The van der Waals surface area contributed by atoms with Crippen LogP contribution >= 0.6 is 27.3 Å². The number of aromatic nitrogens is 3. The molecule has 26 heavy (non-hydrogen) atoms. The Hall–Kier alpha value is -1.48. The highest BCUT2D eigenvalue weighted by molar-refractivity contribution is 9.10. The minimum atomic E-state index is -0.0740. The first kappa shape index (κ1) is 17.9. The molecular formula is C18H21BrN4O2S. The van der Waals surface area contributed by atoms with Crippen LogP contribution in [-0.2, 0) is 4.74 Å². The molecule has 0 bridgehead atoms. The van der Waals surface area contributed by atoms with Crippen molar-refractivity contribution in [2.45, 2.75) is 39.0 Å². The number of thiazole rings is 1. The van der Waals surface area contributed by atoms with Crippen molar-refractivity contribution in [3.63, 3.8) is 0 Å². The van der Waals surface area contributed by atoms with Crippen LogP contribution in [-0.4, -0.2) is 49.9 Å². The Bertz CT molecular complexity index is 931. The van der Waals surface area contributed by atoms with Crippen molar-refractivity contribution in [1.29, 1.82) is 0 Å². The second kappa shape index (κ2) is 6.92. The second-order valence-corrected chi connectivity index (χ2v) is 8.74. The maximum absolute atomic E-state index is 10.9. The molecule has 3 atom stereocenters. The molecular weight excluding hydrogens is 416 g/mol. The number of fused-ring (bicyclic) bond motifs is 1. The topological polar surface area (TPSA) is 62.9 Å². The lowest BCUT2D eigenvalue weighted by Gasteiger charge is -2.40. The molecule has 1 N–H and O–H groups in total. The smallest absolute Gasteiger partial charge is 0.230 e. The number of halogens is 1. The van der Waals surface area contributed by atoms with Gasteiger partial charge in [0.1, 0.15) is 5.82 Å². The van der Waals surface area contributed by atoms with Gasteiger partial charge in [-0.15, -0.1) is 5.10 Å². The van der Waals surface area contributed by atoms with Gasteiger partial charge in [-0.25, -0.2) is 4.98 Å². The average Bonchev–Trinajstić information content (AvgIpc) is 3.05. The van der Waals surface area contributed by atoms with Gasteiger partial charge in [0.05, 0.1) is 23.1 Å². The van der Waals surface area contributed by atoms with Gasteiger partial charge in [-0.2, -0.15) is 4.52 Å². The molecule has 1 fully saturated rings. The van der Waals surface area contributed by atoms with E-state index in [4.69, 9.17) is 4.74 Å². The first-order chi connectivity index (χ1) is 12.4. The molecule has 0 amide bonds. The third kappa shape index (κ3) is 3.26. The summed E-state index contributed by atoms with van der Waals surface area (Å²) in [6, 6.07) is 8.17. The Morgan fingerprint density at radius 3 is 2.69 bits per heavy atom. The van der Waals surface area contributed by atoms with Crippen molar-refractivity contribution in [2.24, 2.45) is 0 Å². The SMILES string of the molecule is Cc1nc2sc(C(c3cccc(Br)c3)N3CC(C)OC(C)C3)c(O)n2n1. The molecule has 8 heteroatoms. The van der Waals surface area contributed by atoms with Gasteiger partial charge >= 0.3 is 0 Å². The highest BCUT2D eigenvalue weighted by Gasteiger charge is 2.34. The van der Waals surface area contributed by atoms with E-state index in [1.165, 1.54) is 15.9 Å². The number of benzene rings is 1. The van der Waals surface area contributed by atoms with Crippen LogP contribution in [0.1, 0.15) is 36.2 Å². The molecule has 3 aromatic rings. The Morgan fingerprint density at radius 2 is 2.04 bits per heavy atom. The summed E-state index contributed by atoms with van der Waals surface area (Å²) < 4.78 is 8.47. The lowest BCUT2D eigenvalue weighted by Crippen LogP contribution is -2.47. The van der Waals surface area contributed by atoms with Gasteiger partial charge in [0.2, 0.25) is 10.8 Å². The zero-order valence-electron chi connectivity index (χ0n) is 14.9. The van der Waals surface area contributed by atoms with Crippen LogP contribution in [0.5, 0.6) is 5.88 Å². The highest BCUT2D eigenvalue weighted by atomic mass is 79.9. The fourth-order valence-electron chi connectivity index (χ4n) is 3.66. The molecule has 1 aliphatic rings. The van der Waals surface area contributed by atoms with Crippen molar-refractivity contribution in [3.05, 3.63) is 45.0 Å². The Balaban J connectivity index is 1.84. The Kier molecular flexibility index (Phi) is 4.77. The summed E-state index contributed by atoms with van der Waals surface area (Å²) in [5, 5.41) is 15.2. The van der Waals surface area contributed by atoms with Crippen molar-refractivity contribution >= 4 is 32.2 Å². The van der Waals surface area contributed by atoms with Crippen LogP contribution in [0, 0.1) is 6.92 Å². The maximum Gasteiger partial charge on any atom is 0.230 e. The zero-order chi connectivity index (χ0) is 18.4. The van der Waals surface area contributed by atoms with Crippen molar-refractivity contribution in [3.8, 4) is 5.88 Å². The van der Waals surface area contributed by atoms with E-state index >= 15 is 0 Å². The number of morpholine rings is 1. The molecule has 138 valence electrons. The summed E-state index contributed by atoms with van der Waals surface area (Å²) in [7, 11) is 0. The molecule has 0 spiro atoms. The van der Waals surface area contributed by atoms with Gasteiger partial charge in [-0.05, 0) is 38.5 Å². The number of hydrogen-bond donors (Lipinski definition) is 1. The minimum absolute atomic E-state index is 0.0740. The Labute approximate surface area is 164 Å². The number of nitrogens with zero attached hydrogens (tertiary/aromatic N) is 4. The molecule has 6 nitrogen and oxygen atoms in total. The molecule has 1 aliphatic heterocycles. The normalized spacial score (nSPS) is 22.8. The van der Waals surface area contributed by atoms with E-state index in [0.29, 0.717) is 10.8 Å². The summed E-state index contributed by atoms with van der Waals surface area (Å²) >= 11 is 5.06. The van der Waals surface area contributed by atoms with E-state index in [0.717, 1.165) is 28.0 Å². The third-order valence-electron chi connectivity index (χ3n) is 4.53.